The number of nitrogen functional groups attached to an aromatic ring is 3. The number of hydrogen-bond acceptors (Lipinski definition) is 6. The number of ketones is 1. The fraction of sp³-hybridized carbons (Fsp3) is 0.290. The summed E-state index contributed by atoms with van der Waals surface area (Å²) in [5.41, 5.74) is 20.0. The van der Waals surface area contributed by atoms with Crippen molar-refractivity contribution in [2.24, 2.45) is 0 Å². The second-order valence-electron chi connectivity index (χ2n) is 10.9. The lowest BCUT2D eigenvalue weighted by Crippen LogP contribution is -2.43. The van der Waals surface area contributed by atoms with Gasteiger partial charge in [0.1, 0.15) is 5.60 Å². The van der Waals surface area contributed by atoms with Crippen molar-refractivity contribution in [2.45, 2.75) is 51.7 Å². The van der Waals surface area contributed by atoms with Crippen molar-refractivity contribution in [3.63, 3.8) is 0 Å². The lowest BCUT2D eigenvalue weighted by Gasteiger charge is -2.28. The van der Waals surface area contributed by atoms with E-state index in [2.05, 4.69) is 31.9 Å². The predicted molar refractivity (Wildman–Crippen MR) is 171 cm³/mol. The molecule has 1 heterocycles. The zero-order valence-corrected chi connectivity index (χ0v) is 26.0. The van der Waals surface area contributed by atoms with Gasteiger partial charge in [-0.05, 0) is 80.3 Å². The maximum atomic E-state index is 12.9. The third kappa shape index (κ3) is 6.88. The number of carbonyl (C=O) groups is 2. The molecule has 1 aliphatic rings. The van der Waals surface area contributed by atoms with E-state index in [9.17, 15) is 9.59 Å². The summed E-state index contributed by atoms with van der Waals surface area (Å²) in [5, 5.41) is 4.05. The van der Waals surface area contributed by atoms with E-state index in [-0.39, 0.29) is 12.2 Å². The van der Waals surface area contributed by atoms with Crippen LogP contribution in [-0.2, 0) is 16.0 Å². The minimum Gasteiger partial charge on any atom is -0.444 e. The molecule has 1 atom stereocenters. The van der Waals surface area contributed by atoms with Crippen LogP contribution in [0.25, 0.3) is 21.5 Å². The molecule has 210 valence electrons. The Labute approximate surface area is 251 Å². The van der Waals surface area contributed by atoms with Gasteiger partial charge in [0.05, 0.1) is 17.4 Å². The molecular weight excluding hydrogens is 636 g/mol. The number of carbonyl (C=O) groups excluding carboxylic acids is 2. The normalized spacial score (nSPS) is 15.1. The number of rotatable bonds is 3. The number of hydrogen-bond donors (Lipinski definition) is 3. The van der Waals surface area contributed by atoms with Gasteiger partial charge in [0, 0.05) is 38.4 Å². The number of fused-ring (bicyclic) bond motifs is 2. The van der Waals surface area contributed by atoms with Crippen LogP contribution in [0.5, 0.6) is 0 Å². The van der Waals surface area contributed by atoms with Gasteiger partial charge in [0.2, 0.25) is 0 Å². The van der Waals surface area contributed by atoms with Gasteiger partial charge in [-0.3, -0.25) is 9.69 Å². The summed E-state index contributed by atoms with van der Waals surface area (Å²) in [5.74, 6) is 0.00141. The summed E-state index contributed by atoms with van der Waals surface area (Å²) in [7, 11) is 0. The topological polar surface area (TPSA) is 125 Å². The van der Waals surface area contributed by atoms with Crippen LogP contribution in [0.1, 0.15) is 39.2 Å². The summed E-state index contributed by atoms with van der Waals surface area (Å²) in [6.45, 7) is 6.02. The highest BCUT2D eigenvalue weighted by molar-refractivity contribution is 9.10. The van der Waals surface area contributed by atoms with E-state index in [4.69, 9.17) is 21.9 Å². The maximum absolute atomic E-state index is 12.9. The van der Waals surface area contributed by atoms with Crippen molar-refractivity contribution in [3.05, 3.63) is 75.2 Å². The number of likely N-dealkylation sites (tertiary alicyclic amines) is 1. The number of anilines is 3. The first-order valence-electron chi connectivity index (χ1n) is 13.1. The minimum atomic E-state index is -0.579. The lowest BCUT2D eigenvalue weighted by molar-refractivity contribution is -0.122. The summed E-state index contributed by atoms with van der Waals surface area (Å²) in [6.07, 6.45) is 1.26. The Kier molecular flexibility index (Phi) is 8.95. The van der Waals surface area contributed by atoms with E-state index < -0.39 is 17.7 Å². The van der Waals surface area contributed by atoms with Gasteiger partial charge in [-0.1, -0.05) is 62.2 Å². The molecule has 1 aliphatic heterocycles. The van der Waals surface area contributed by atoms with Gasteiger partial charge in [0.25, 0.3) is 0 Å². The highest BCUT2D eigenvalue weighted by Gasteiger charge is 2.36. The average molecular weight is 670 g/mol. The van der Waals surface area contributed by atoms with Crippen molar-refractivity contribution in [1.82, 2.24) is 4.90 Å². The quantitative estimate of drug-likeness (QED) is 0.195. The van der Waals surface area contributed by atoms with Crippen LogP contribution in [0.15, 0.2) is 69.6 Å². The van der Waals surface area contributed by atoms with Gasteiger partial charge >= 0.3 is 6.09 Å². The molecule has 4 aromatic carbocycles. The fourth-order valence-electron chi connectivity index (χ4n) is 4.81. The first-order valence-corrected chi connectivity index (χ1v) is 14.6. The third-order valence-corrected chi connectivity index (χ3v) is 7.77. The van der Waals surface area contributed by atoms with E-state index in [0.29, 0.717) is 30.0 Å². The fourth-order valence-corrected chi connectivity index (χ4v) is 5.57. The van der Waals surface area contributed by atoms with E-state index in [1.807, 2.05) is 81.4 Å². The second-order valence-corrected chi connectivity index (χ2v) is 12.7. The Balaban J connectivity index is 0.000000236. The molecule has 0 aromatic heterocycles. The standard InChI is InChI=1S/C21H25BrN2O3.C10H9BrN2/c1-21(2,3)27-20(26)24-10-4-5-17(24)18(25)12-14-7-6-13-11-15(22)8-9-16(13)19(14)23;11-7-2-3-8-6(5-7)1-4-9(12)10(8)13/h6-9,11,17H,4-5,10,12,23H2,1-3H3;1-5H,12-13H2/t17-;/m0./s1. The van der Waals surface area contributed by atoms with Crippen molar-refractivity contribution >= 4 is 82.3 Å². The van der Waals surface area contributed by atoms with Gasteiger partial charge in [-0.15, -0.1) is 0 Å². The largest absolute Gasteiger partial charge is 0.444 e. The van der Waals surface area contributed by atoms with E-state index in [1.54, 1.807) is 4.90 Å². The van der Waals surface area contributed by atoms with Crippen molar-refractivity contribution < 1.29 is 14.3 Å². The van der Waals surface area contributed by atoms with Crippen molar-refractivity contribution in [3.8, 4) is 0 Å². The van der Waals surface area contributed by atoms with Crippen LogP contribution < -0.4 is 17.2 Å². The van der Waals surface area contributed by atoms with Crippen LogP contribution in [0.2, 0.25) is 0 Å². The van der Waals surface area contributed by atoms with Crippen LogP contribution in [0, 0.1) is 0 Å². The zero-order valence-electron chi connectivity index (χ0n) is 22.8. The van der Waals surface area contributed by atoms with Crippen molar-refractivity contribution in [1.29, 1.82) is 0 Å². The number of Topliss-reactive ketones (excluding diaryl/α,β-unsaturated/α-hetero) is 1. The van der Waals surface area contributed by atoms with Crippen LogP contribution in [0.3, 0.4) is 0 Å². The summed E-state index contributed by atoms with van der Waals surface area (Å²) < 4.78 is 7.48. The smallest absolute Gasteiger partial charge is 0.410 e. The summed E-state index contributed by atoms with van der Waals surface area (Å²) >= 11 is 6.86. The zero-order chi connectivity index (χ0) is 29.2. The third-order valence-electron chi connectivity index (χ3n) is 6.79. The van der Waals surface area contributed by atoms with Gasteiger partial charge in [-0.2, -0.15) is 0 Å². The first kappa shape index (κ1) is 29.7. The molecule has 0 aliphatic carbocycles. The predicted octanol–water partition coefficient (Wildman–Crippen LogP) is 7.46. The molecule has 5 rings (SSSR count). The Morgan fingerprint density at radius 2 is 1.45 bits per heavy atom. The Morgan fingerprint density at radius 1 is 0.875 bits per heavy atom. The number of benzene rings is 4. The van der Waals surface area contributed by atoms with Gasteiger partial charge in [0.15, 0.2) is 5.78 Å². The number of nitrogens with two attached hydrogens (primary N) is 3. The number of halogens is 2. The highest BCUT2D eigenvalue weighted by Crippen LogP contribution is 2.30. The molecule has 4 aromatic rings. The first-order chi connectivity index (χ1) is 18.8. The molecule has 6 N–H and O–H groups in total. The van der Waals surface area contributed by atoms with Crippen LogP contribution in [-0.4, -0.2) is 35.0 Å². The Hall–Kier alpha value is -3.30. The number of amides is 1. The maximum Gasteiger partial charge on any atom is 0.410 e. The van der Waals surface area contributed by atoms with Crippen LogP contribution in [0.4, 0.5) is 21.9 Å². The summed E-state index contributed by atoms with van der Waals surface area (Å²) in [4.78, 5) is 26.9. The molecule has 0 saturated carbocycles. The monoisotopic (exact) mass is 668 g/mol. The average Bonchev–Trinajstić information content (AvgIpc) is 3.38. The van der Waals surface area contributed by atoms with Crippen molar-refractivity contribution in [2.75, 3.05) is 23.7 Å². The molecule has 0 spiro atoms. The molecule has 0 bridgehead atoms. The highest BCUT2D eigenvalue weighted by atomic mass is 79.9. The lowest BCUT2D eigenvalue weighted by atomic mass is 9.97. The molecule has 1 amide bonds. The molecule has 0 radical (unpaired) electrons. The number of nitrogens with zero attached hydrogens (tertiary/aromatic N) is 1. The number of ether oxygens (including phenoxy) is 1. The molecular formula is C31H34Br2N4O3. The van der Waals surface area contributed by atoms with Crippen LogP contribution >= 0.6 is 31.9 Å². The van der Waals surface area contributed by atoms with E-state index >= 15 is 0 Å². The molecule has 0 unspecified atom stereocenters. The van der Waals surface area contributed by atoms with E-state index in [0.717, 1.165) is 42.5 Å². The van der Waals surface area contributed by atoms with Gasteiger partial charge < -0.3 is 21.9 Å². The molecule has 40 heavy (non-hydrogen) atoms. The van der Waals surface area contributed by atoms with Gasteiger partial charge in [-0.25, -0.2) is 4.79 Å². The molecule has 1 saturated heterocycles. The SMILES string of the molecule is CC(C)(C)OC(=O)N1CCC[C@H]1C(=O)Cc1ccc2cc(Br)ccc2c1N.Nc1ccc2cc(Br)ccc2c1N. The second kappa shape index (κ2) is 12.1. The molecule has 7 nitrogen and oxygen atoms in total. The Morgan fingerprint density at radius 3 is 2.05 bits per heavy atom. The molecule has 1 fully saturated rings. The Bertz CT molecular complexity index is 1580. The minimum absolute atomic E-state index is 0.00141. The molecule has 9 heteroatoms. The summed E-state index contributed by atoms with van der Waals surface area (Å²) in [6, 6.07) is 19.0. The van der Waals surface area contributed by atoms with E-state index in [1.165, 1.54) is 0 Å².